The highest BCUT2D eigenvalue weighted by Gasteiger charge is 2.35. The zero-order chi connectivity index (χ0) is 14.9. The number of hydrogen-bond acceptors (Lipinski definition) is 4. The van der Waals surface area contributed by atoms with Crippen LogP contribution >= 0.6 is 0 Å². The van der Waals surface area contributed by atoms with Gasteiger partial charge in [-0.2, -0.15) is 0 Å². The fourth-order valence-electron chi connectivity index (χ4n) is 2.23. The van der Waals surface area contributed by atoms with Gasteiger partial charge in [0.25, 0.3) is 0 Å². The molecule has 0 saturated carbocycles. The summed E-state index contributed by atoms with van der Waals surface area (Å²) in [4.78, 5) is 25.9. The van der Waals surface area contributed by atoms with Gasteiger partial charge >= 0.3 is 6.03 Å². The van der Waals surface area contributed by atoms with E-state index in [0.29, 0.717) is 11.3 Å². The Morgan fingerprint density at radius 3 is 2.65 bits per heavy atom. The van der Waals surface area contributed by atoms with Crippen LogP contribution in [0.1, 0.15) is 17.2 Å². The second-order valence-corrected chi connectivity index (χ2v) is 4.90. The number of imide groups is 1. The number of carbonyl (C=O) groups excluding carboxylic acids is 2. The van der Waals surface area contributed by atoms with E-state index in [-0.39, 0.29) is 25.0 Å². The van der Waals surface area contributed by atoms with Gasteiger partial charge in [-0.05, 0) is 19.1 Å². The van der Waals surface area contributed by atoms with Gasteiger partial charge in [0, 0.05) is 12.6 Å². The quantitative estimate of drug-likeness (QED) is 0.832. The second-order valence-electron chi connectivity index (χ2n) is 4.90. The van der Waals surface area contributed by atoms with Crippen LogP contribution in [0, 0.1) is 6.92 Å². The Morgan fingerprint density at radius 1 is 1.40 bits per heavy atom. The Labute approximate surface area is 117 Å². The summed E-state index contributed by atoms with van der Waals surface area (Å²) in [5.41, 5.74) is 1.54. The molecule has 6 nitrogen and oxygen atoms in total. The molecule has 1 aliphatic rings. The van der Waals surface area contributed by atoms with Gasteiger partial charge in [0.15, 0.2) is 0 Å². The molecule has 0 bridgehead atoms. The maximum absolute atomic E-state index is 11.8. The van der Waals surface area contributed by atoms with Crippen LogP contribution in [0.4, 0.5) is 4.79 Å². The summed E-state index contributed by atoms with van der Waals surface area (Å²) >= 11 is 0. The monoisotopic (exact) mass is 278 g/mol. The highest BCUT2D eigenvalue weighted by atomic mass is 16.5. The van der Waals surface area contributed by atoms with Gasteiger partial charge < -0.3 is 14.7 Å². The van der Waals surface area contributed by atoms with Crippen LogP contribution in [-0.2, 0) is 4.79 Å². The number of amides is 3. The normalized spacial score (nSPS) is 16.8. The number of aliphatic hydroxyl groups excluding tert-OH is 1. The molecule has 0 radical (unpaired) electrons. The van der Waals surface area contributed by atoms with Crippen LogP contribution in [-0.4, -0.2) is 54.1 Å². The fourth-order valence-corrected chi connectivity index (χ4v) is 2.23. The number of methoxy groups -OCH3 is 1. The molecule has 1 aliphatic heterocycles. The third kappa shape index (κ3) is 2.60. The van der Waals surface area contributed by atoms with E-state index >= 15 is 0 Å². The largest absolute Gasteiger partial charge is 0.496 e. The number of aliphatic hydroxyl groups is 1. The van der Waals surface area contributed by atoms with Crippen molar-refractivity contribution in [2.75, 3.05) is 27.2 Å². The van der Waals surface area contributed by atoms with Crippen molar-refractivity contribution in [3.05, 3.63) is 29.3 Å². The van der Waals surface area contributed by atoms with E-state index in [1.807, 2.05) is 13.0 Å². The first-order valence-corrected chi connectivity index (χ1v) is 6.32. The topological polar surface area (TPSA) is 70.1 Å². The standard InChI is InChI=1S/C14H18N2O4/c1-9-4-5-12(20-3)10(6-9)11(17)7-16-13(18)8-15(2)14(16)19/h4-6,11,17H,7-8H2,1-3H3. The van der Waals surface area contributed by atoms with Crippen LogP contribution in [0.5, 0.6) is 5.75 Å². The molecule has 1 fully saturated rings. The van der Waals surface area contributed by atoms with Crippen LogP contribution in [0.2, 0.25) is 0 Å². The molecule has 20 heavy (non-hydrogen) atoms. The average Bonchev–Trinajstić information content (AvgIpc) is 2.65. The third-order valence-electron chi connectivity index (χ3n) is 3.33. The molecule has 1 atom stereocenters. The van der Waals surface area contributed by atoms with E-state index in [0.717, 1.165) is 10.5 Å². The molecule has 1 aromatic carbocycles. The van der Waals surface area contributed by atoms with Crippen molar-refractivity contribution in [1.82, 2.24) is 9.80 Å². The number of β-amino-alcohol motifs (C(OH)–C–C–N with tert-alkyl or cyclic N) is 1. The number of likely N-dealkylation sites (N-methyl/N-ethyl adjacent to an activating group) is 1. The Hall–Kier alpha value is -2.08. The lowest BCUT2D eigenvalue weighted by atomic mass is 10.0. The summed E-state index contributed by atoms with van der Waals surface area (Å²) < 4.78 is 5.20. The van der Waals surface area contributed by atoms with Gasteiger partial charge in [0.05, 0.1) is 13.7 Å². The van der Waals surface area contributed by atoms with Crippen molar-refractivity contribution >= 4 is 11.9 Å². The number of hydrogen-bond donors (Lipinski definition) is 1. The molecular weight excluding hydrogens is 260 g/mol. The average molecular weight is 278 g/mol. The molecule has 0 aliphatic carbocycles. The highest BCUT2D eigenvalue weighted by molar-refractivity contribution is 6.01. The first-order valence-electron chi connectivity index (χ1n) is 6.32. The number of benzene rings is 1. The summed E-state index contributed by atoms with van der Waals surface area (Å²) in [7, 11) is 3.07. The maximum Gasteiger partial charge on any atom is 0.327 e. The molecule has 0 aromatic heterocycles. The number of aryl methyl sites for hydroxylation is 1. The van der Waals surface area contributed by atoms with Crippen molar-refractivity contribution in [2.45, 2.75) is 13.0 Å². The minimum absolute atomic E-state index is 0.0521. The number of urea groups is 1. The number of carbonyl (C=O) groups is 2. The van der Waals surface area contributed by atoms with Crippen LogP contribution in [0.15, 0.2) is 18.2 Å². The van der Waals surface area contributed by atoms with Crippen molar-refractivity contribution in [3.8, 4) is 5.75 Å². The fraction of sp³-hybridized carbons (Fsp3) is 0.429. The van der Waals surface area contributed by atoms with E-state index in [2.05, 4.69) is 0 Å². The first-order chi connectivity index (χ1) is 9.43. The molecule has 6 heteroatoms. The molecular formula is C14H18N2O4. The van der Waals surface area contributed by atoms with E-state index in [9.17, 15) is 14.7 Å². The SMILES string of the molecule is COc1ccc(C)cc1C(O)CN1C(=O)CN(C)C1=O. The molecule has 3 amide bonds. The molecule has 2 rings (SSSR count). The zero-order valence-corrected chi connectivity index (χ0v) is 11.8. The minimum Gasteiger partial charge on any atom is -0.496 e. The number of nitrogens with zero attached hydrogens (tertiary/aromatic N) is 2. The summed E-state index contributed by atoms with van der Waals surface area (Å²) in [6.07, 6.45) is -0.968. The van der Waals surface area contributed by atoms with E-state index in [1.54, 1.807) is 19.2 Å². The lowest BCUT2D eigenvalue weighted by molar-refractivity contribution is -0.126. The lowest BCUT2D eigenvalue weighted by Gasteiger charge is -2.20. The van der Waals surface area contributed by atoms with Crippen LogP contribution < -0.4 is 4.74 Å². The van der Waals surface area contributed by atoms with E-state index in [4.69, 9.17) is 4.74 Å². The Morgan fingerprint density at radius 2 is 2.10 bits per heavy atom. The maximum atomic E-state index is 11.8. The Balaban J connectivity index is 2.20. The first kappa shape index (κ1) is 14.3. The van der Waals surface area contributed by atoms with Gasteiger partial charge in [-0.1, -0.05) is 11.6 Å². The van der Waals surface area contributed by atoms with Crippen molar-refractivity contribution in [3.63, 3.8) is 0 Å². The Bertz CT molecular complexity index is 544. The van der Waals surface area contributed by atoms with Gasteiger partial charge in [0.2, 0.25) is 5.91 Å². The minimum atomic E-state index is -0.968. The van der Waals surface area contributed by atoms with Gasteiger partial charge in [0.1, 0.15) is 18.4 Å². The number of ether oxygens (including phenoxy) is 1. The summed E-state index contributed by atoms with van der Waals surface area (Å²) in [5, 5.41) is 10.3. The summed E-state index contributed by atoms with van der Waals surface area (Å²) in [6, 6.07) is 5.03. The zero-order valence-electron chi connectivity index (χ0n) is 11.8. The van der Waals surface area contributed by atoms with Crippen molar-refractivity contribution < 1.29 is 19.4 Å². The molecule has 1 heterocycles. The molecule has 1 saturated heterocycles. The molecule has 0 spiro atoms. The van der Waals surface area contributed by atoms with Crippen molar-refractivity contribution in [2.24, 2.45) is 0 Å². The molecule has 1 aromatic rings. The lowest BCUT2D eigenvalue weighted by Crippen LogP contribution is -2.35. The van der Waals surface area contributed by atoms with E-state index in [1.165, 1.54) is 12.0 Å². The summed E-state index contributed by atoms with van der Waals surface area (Å²) in [6.45, 7) is 1.88. The van der Waals surface area contributed by atoms with Crippen LogP contribution in [0.25, 0.3) is 0 Å². The molecule has 1 N–H and O–H groups in total. The van der Waals surface area contributed by atoms with Gasteiger partial charge in [-0.3, -0.25) is 9.69 Å². The smallest absolute Gasteiger partial charge is 0.327 e. The van der Waals surface area contributed by atoms with E-state index < -0.39 is 6.10 Å². The third-order valence-corrected chi connectivity index (χ3v) is 3.33. The Kier molecular flexibility index (Phi) is 3.94. The predicted octanol–water partition coefficient (Wildman–Crippen LogP) is 0.931. The second kappa shape index (κ2) is 5.50. The van der Waals surface area contributed by atoms with Crippen LogP contribution in [0.3, 0.4) is 0 Å². The highest BCUT2D eigenvalue weighted by Crippen LogP contribution is 2.27. The van der Waals surface area contributed by atoms with Crippen molar-refractivity contribution in [1.29, 1.82) is 0 Å². The molecule has 108 valence electrons. The van der Waals surface area contributed by atoms with Gasteiger partial charge in [-0.25, -0.2) is 4.79 Å². The number of rotatable bonds is 4. The van der Waals surface area contributed by atoms with Gasteiger partial charge in [-0.15, -0.1) is 0 Å². The predicted molar refractivity (Wildman–Crippen MR) is 72.4 cm³/mol. The molecule has 1 unspecified atom stereocenters. The summed E-state index contributed by atoms with van der Waals surface area (Å²) in [5.74, 6) is 0.235.